The molecule has 0 heterocycles. The van der Waals surface area contributed by atoms with Crippen LogP contribution in [0.3, 0.4) is 0 Å². The van der Waals surface area contributed by atoms with E-state index >= 15 is 0 Å². The highest BCUT2D eigenvalue weighted by atomic mass is 32.3. The predicted octanol–water partition coefficient (Wildman–Crippen LogP) is 1.19. The predicted molar refractivity (Wildman–Crippen MR) is 25.8 cm³/mol. The van der Waals surface area contributed by atoms with E-state index in [0.717, 1.165) is 0 Å². The Bertz CT molecular complexity index is 220. The summed E-state index contributed by atoms with van der Waals surface area (Å²) in [4.78, 5) is 0. The molecule has 0 aliphatic rings. The molecule has 0 aliphatic heterocycles. The van der Waals surface area contributed by atoms with Crippen LogP contribution >= 0.6 is 0 Å². The molecular weight excluding hydrogens is 195 g/mol. The Labute approximate surface area is 59.2 Å². The molecule has 0 atom stereocenters. The molecule has 0 unspecified atom stereocenters. The van der Waals surface area contributed by atoms with Gasteiger partial charge in [0.1, 0.15) is 5.75 Å². The van der Waals surface area contributed by atoms with E-state index in [0.29, 0.717) is 0 Å². The van der Waals surface area contributed by atoms with Gasteiger partial charge in [0.15, 0.2) is 0 Å². The molecule has 0 rings (SSSR count). The number of halogens is 5. The molecule has 0 spiro atoms. The van der Waals surface area contributed by atoms with Crippen LogP contribution in [0.2, 0.25) is 0 Å². The quantitative estimate of drug-likeness (QED) is 0.504. The lowest BCUT2D eigenvalue weighted by Gasteiger charge is -2.11. The highest BCUT2D eigenvalue weighted by molar-refractivity contribution is 7.86. The maximum absolute atomic E-state index is 11.7. The first-order chi connectivity index (χ1) is 4.65. The van der Waals surface area contributed by atoms with E-state index in [2.05, 4.69) is 0 Å². The van der Waals surface area contributed by atoms with E-state index in [1.165, 1.54) is 0 Å². The smallest absolute Gasteiger partial charge is 0.204 e. The third-order valence-corrected chi connectivity index (χ3v) is 1.41. The number of alkyl halides is 4. The van der Waals surface area contributed by atoms with Crippen LogP contribution in [0.1, 0.15) is 0 Å². The normalized spacial score (nSPS) is 14.0. The molecule has 11 heavy (non-hydrogen) atoms. The van der Waals surface area contributed by atoms with E-state index in [1.54, 1.807) is 0 Å². The van der Waals surface area contributed by atoms with Crippen molar-refractivity contribution in [2.75, 3.05) is 5.75 Å². The lowest BCUT2D eigenvalue weighted by Crippen LogP contribution is -2.33. The van der Waals surface area contributed by atoms with Crippen molar-refractivity contribution in [1.82, 2.24) is 0 Å². The van der Waals surface area contributed by atoms with Gasteiger partial charge in [-0.1, -0.05) is 0 Å². The van der Waals surface area contributed by atoms with Crippen LogP contribution in [-0.2, 0) is 10.2 Å². The first-order valence-corrected chi connectivity index (χ1v) is 3.79. The van der Waals surface area contributed by atoms with Crippen LogP contribution in [-0.4, -0.2) is 26.5 Å². The summed E-state index contributed by atoms with van der Waals surface area (Å²) in [5, 5.41) is 0. The Balaban J connectivity index is 4.38. The minimum absolute atomic E-state index is 2.47. The fourth-order valence-electron chi connectivity index (χ4n) is 0.293. The van der Waals surface area contributed by atoms with Crippen LogP contribution in [0, 0.1) is 0 Å². The van der Waals surface area contributed by atoms with E-state index < -0.39 is 28.3 Å². The van der Waals surface area contributed by atoms with Crippen molar-refractivity contribution < 1.29 is 29.9 Å². The summed E-state index contributed by atoms with van der Waals surface area (Å²) >= 11 is 0. The standard InChI is InChI=1S/C3H3F5O2S/c4-2(5)3(6,7)1-11(8,9)10/h2H,1H2. The second kappa shape index (κ2) is 2.92. The van der Waals surface area contributed by atoms with Gasteiger partial charge in [-0.2, -0.15) is 17.2 Å². The zero-order chi connectivity index (χ0) is 9.28. The van der Waals surface area contributed by atoms with Gasteiger partial charge in [0, 0.05) is 0 Å². The molecule has 0 saturated carbocycles. The monoisotopic (exact) mass is 198 g/mol. The number of hydrogen-bond donors (Lipinski definition) is 0. The lowest BCUT2D eigenvalue weighted by atomic mass is 10.4. The molecule has 0 aromatic rings. The molecule has 0 N–H and O–H groups in total. The molecule has 0 aromatic carbocycles. The Morgan fingerprint density at radius 1 is 1.27 bits per heavy atom. The molecular formula is C3H3F5O2S. The summed E-state index contributed by atoms with van der Waals surface area (Å²) in [6.45, 7) is 0. The zero-order valence-electron chi connectivity index (χ0n) is 4.90. The lowest BCUT2D eigenvalue weighted by molar-refractivity contribution is -0.111. The van der Waals surface area contributed by atoms with Crippen molar-refractivity contribution >= 4 is 10.2 Å². The molecule has 8 heteroatoms. The van der Waals surface area contributed by atoms with E-state index in [9.17, 15) is 29.9 Å². The molecule has 0 aliphatic carbocycles. The van der Waals surface area contributed by atoms with Gasteiger partial charge in [0.2, 0.25) is 0 Å². The average molecular weight is 198 g/mol. The van der Waals surface area contributed by atoms with E-state index in [1.807, 2.05) is 0 Å². The van der Waals surface area contributed by atoms with Crippen LogP contribution in [0.5, 0.6) is 0 Å². The third kappa shape index (κ3) is 4.12. The third-order valence-electron chi connectivity index (χ3n) is 0.684. The van der Waals surface area contributed by atoms with Gasteiger partial charge in [-0.15, -0.1) is 3.89 Å². The number of hydrogen-bond acceptors (Lipinski definition) is 2. The molecule has 0 amide bonds. The number of rotatable bonds is 3. The van der Waals surface area contributed by atoms with Gasteiger partial charge < -0.3 is 0 Å². The summed E-state index contributed by atoms with van der Waals surface area (Å²) in [5.74, 6) is -7.29. The summed E-state index contributed by atoms with van der Waals surface area (Å²) < 4.78 is 76.0. The van der Waals surface area contributed by atoms with Crippen molar-refractivity contribution in [3.05, 3.63) is 0 Å². The minimum Gasteiger partial charge on any atom is -0.204 e. The van der Waals surface area contributed by atoms with Gasteiger partial charge in [0.05, 0.1) is 0 Å². The summed E-state index contributed by atoms with van der Waals surface area (Å²) in [5.41, 5.74) is 0. The zero-order valence-corrected chi connectivity index (χ0v) is 5.72. The van der Waals surface area contributed by atoms with Gasteiger partial charge in [-0.3, -0.25) is 0 Å². The second-order valence-corrected chi connectivity index (χ2v) is 3.11. The molecule has 0 radical (unpaired) electrons. The Morgan fingerprint density at radius 2 is 1.64 bits per heavy atom. The SMILES string of the molecule is O=S(=O)(F)CC(F)(F)C(F)F. The second-order valence-electron chi connectivity index (χ2n) is 1.74. The van der Waals surface area contributed by atoms with Crippen molar-refractivity contribution in [3.63, 3.8) is 0 Å². The van der Waals surface area contributed by atoms with Crippen molar-refractivity contribution in [2.45, 2.75) is 12.3 Å². The van der Waals surface area contributed by atoms with Crippen molar-refractivity contribution in [1.29, 1.82) is 0 Å². The highest BCUT2D eigenvalue weighted by Gasteiger charge is 2.45. The van der Waals surface area contributed by atoms with Gasteiger partial charge in [-0.25, -0.2) is 8.78 Å². The first-order valence-electron chi connectivity index (χ1n) is 2.23. The van der Waals surface area contributed by atoms with Crippen molar-refractivity contribution in [3.8, 4) is 0 Å². The van der Waals surface area contributed by atoms with Gasteiger partial charge in [-0.05, 0) is 0 Å². The highest BCUT2D eigenvalue weighted by Crippen LogP contribution is 2.24. The fraction of sp³-hybridized carbons (Fsp3) is 1.00. The van der Waals surface area contributed by atoms with Crippen molar-refractivity contribution in [2.24, 2.45) is 0 Å². The van der Waals surface area contributed by atoms with Crippen LogP contribution in [0.25, 0.3) is 0 Å². The van der Waals surface area contributed by atoms with Crippen LogP contribution < -0.4 is 0 Å². The first kappa shape index (κ1) is 10.6. The summed E-state index contributed by atoms with van der Waals surface area (Å²) in [6, 6.07) is 0. The largest absolute Gasteiger partial charge is 0.323 e. The van der Waals surface area contributed by atoms with E-state index in [4.69, 9.17) is 0 Å². The molecule has 0 saturated heterocycles. The average Bonchev–Trinajstić information content (AvgIpc) is 1.56. The maximum atomic E-state index is 11.7. The van der Waals surface area contributed by atoms with Crippen LogP contribution in [0.4, 0.5) is 21.4 Å². The summed E-state index contributed by atoms with van der Waals surface area (Å²) in [6.07, 6.45) is -4.17. The van der Waals surface area contributed by atoms with E-state index in [-0.39, 0.29) is 0 Å². The maximum Gasteiger partial charge on any atom is 0.323 e. The summed E-state index contributed by atoms with van der Waals surface area (Å²) in [7, 11) is -5.56. The molecule has 68 valence electrons. The fourth-order valence-corrected chi connectivity index (χ4v) is 0.879. The minimum atomic E-state index is -5.56. The van der Waals surface area contributed by atoms with Gasteiger partial charge in [0.25, 0.3) is 0 Å². The Morgan fingerprint density at radius 3 is 1.73 bits per heavy atom. The topological polar surface area (TPSA) is 34.1 Å². The van der Waals surface area contributed by atoms with Gasteiger partial charge >= 0.3 is 22.6 Å². The molecule has 0 bridgehead atoms. The Hall–Kier alpha value is -0.400. The molecule has 2 nitrogen and oxygen atoms in total. The Kier molecular flexibility index (Phi) is 2.81. The molecule has 0 aromatic heterocycles. The van der Waals surface area contributed by atoms with Crippen LogP contribution in [0.15, 0.2) is 0 Å². The molecule has 0 fully saturated rings.